The highest BCUT2D eigenvalue weighted by Crippen LogP contribution is 2.39. The molecule has 1 saturated carbocycles. The van der Waals surface area contributed by atoms with Crippen molar-refractivity contribution in [3.05, 3.63) is 35.6 Å². The molecule has 1 atom stereocenters. The predicted octanol–water partition coefficient (Wildman–Crippen LogP) is 3.50. The average Bonchev–Trinajstić information content (AvgIpc) is 2.48. The molecule has 0 radical (unpaired) electrons. The highest BCUT2D eigenvalue weighted by molar-refractivity contribution is 5.64. The first kappa shape index (κ1) is 16.7. The molecule has 0 aliphatic heterocycles. The van der Waals surface area contributed by atoms with Crippen LogP contribution in [-0.2, 0) is 0 Å². The summed E-state index contributed by atoms with van der Waals surface area (Å²) in [5.74, 6) is 0.759. The standard InChI is InChI=1S/C17H25FN2O2/c1-20(2)16(14-7-9-15(18)10-8-14)13-5-3-12(4-6-13)11-19-17(21)22/h7-10,12-13,16,19H,3-6,11H2,1-2H3,(H,21,22). The molecule has 2 N–H and O–H groups in total. The van der Waals surface area contributed by atoms with E-state index in [2.05, 4.69) is 24.3 Å². The lowest BCUT2D eigenvalue weighted by atomic mass is 9.76. The molecule has 22 heavy (non-hydrogen) atoms. The number of rotatable bonds is 5. The van der Waals surface area contributed by atoms with Crippen LogP contribution in [0, 0.1) is 17.7 Å². The lowest BCUT2D eigenvalue weighted by Crippen LogP contribution is -2.34. The minimum atomic E-state index is -0.945. The van der Waals surface area contributed by atoms with Crippen LogP contribution < -0.4 is 5.32 Å². The normalized spacial score (nSPS) is 23.3. The smallest absolute Gasteiger partial charge is 0.404 e. The maximum Gasteiger partial charge on any atom is 0.404 e. The van der Waals surface area contributed by atoms with E-state index in [0.717, 1.165) is 31.2 Å². The van der Waals surface area contributed by atoms with Gasteiger partial charge in [-0.2, -0.15) is 0 Å². The fraction of sp³-hybridized carbons (Fsp3) is 0.588. The third kappa shape index (κ3) is 4.44. The van der Waals surface area contributed by atoms with Gasteiger partial charge < -0.3 is 15.3 Å². The second-order valence-corrected chi connectivity index (χ2v) is 6.43. The minimum Gasteiger partial charge on any atom is -0.465 e. The van der Waals surface area contributed by atoms with Crippen LogP contribution in [0.2, 0.25) is 0 Å². The van der Waals surface area contributed by atoms with Gasteiger partial charge in [0.05, 0.1) is 0 Å². The second-order valence-electron chi connectivity index (χ2n) is 6.43. The van der Waals surface area contributed by atoms with E-state index >= 15 is 0 Å². The van der Waals surface area contributed by atoms with Crippen LogP contribution in [-0.4, -0.2) is 36.7 Å². The van der Waals surface area contributed by atoms with Gasteiger partial charge in [0.2, 0.25) is 0 Å². The second kappa shape index (κ2) is 7.58. The molecule has 0 saturated heterocycles. The molecule has 1 aliphatic rings. The Labute approximate surface area is 131 Å². The molecule has 0 aromatic heterocycles. The zero-order valence-corrected chi connectivity index (χ0v) is 13.3. The monoisotopic (exact) mass is 308 g/mol. The summed E-state index contributed by atoms with van der Waals surface area (Å²) in [4.78, 5) is 12.8. The van der Waals surface area contributed by atoms with Gasteiger partial charge in [0.25, 0.3) is 0 Å². The van der Waals surface area contributed by atoms with Crippen molar-refractivity contribution < 1.29 is 14.3 Å². The summed E-state index contributed by atoms with van der Waals surface area (Å²) >= 11 is 0. The van der Waals surface area contributed by atoms with Crippen LogP contribution >= 0.6 is 0 Å². The van der Waals surface area contributed by atoms with Crippen LogP contribution in [0.15, 0.2) is 24.3 Å². The molecule has 1 amide bonds. The van der Waals surface area contributed by atoms with Crippen LogP contribution in [0.25, 0.3) is 0 Å². The molecule has 1 aromatic rings. The van der Waals surface area contributed by atoms with E-state index in [0.29, 0.717) is 18.4 Å². The van der Waals surface area contributed by atoms with Gasteiger partial charge in [-0.25, -0.2) is 9.18 Å². The van der Waals surface area contributed by atoms with Gasteiger partial charge >= 0.3 is 6.09 Å². The summed E-state index contributed by atoms with van der Waals surface area (Å²) in [5, 5.41) is 11.2. The summed E-state index contributed by atoms with van der Waals surface area (Å²) in [6.45, 7) is 0.547. The lowest BCUT2D eigenvalue weighted by molar-refractivity contribution is 0.146. The van der Waals surface area contributed by atoms with E-state index in [1.165, 1.54) is 12.1 Å². The highest BCUT2D eigenvalue weighted by Gasteiger charge is 2.30. The molecular weight excluding hydrogens is 283 g/mol. The maximum absolute atomic E-state index is 13.1. The van der Waals surface area contributed by atoms with Gasteiger partial charge in [-0.05, 0) is 69.3 Å². The van der Waals surface area contributed by atoms with Gasteiger partial charge in [-0.1, -0.05) is 12.1 Å². The van der Waals surface area contributed by atoms with Crippen molar-refractivity contribution >= 4 is 6.09 Å². The zero-order chi connectivity index (χ0) is 16.1. The Morgan fingerprint density at radius 1 is 1.27 bits per heavy atom. The van der Waals surface area contributed by atoms with E-state index in [1.807, 2.05) is 12.1 Å². The summed E-state index contributed by atoms with van der Waals surface area (Å²) < 4.78 is 13.1. The molecule has 1 unspecified atom stereocenters. The number of amides is 1. The summed E-state index contributed by atoms with van der Waals surface area (Å²) in [6, 6.07) is 7.08. The molecule has 5 heteroatoms. The van der Waals surface area contributed by atoms with Crippen LogP contribution in [0.1, 0.15) is 37.3 Å². The van der Waals surface area contributed by atoms with E-state index in [-0.39, 0.29) is 11.9 Å². The van der Waals surface area contributed by atoms with Crippen LogP contribution in [0.4, 0.5) is 9.18 Å². The number of nitrogens with zero attached hydrogens (tertiary/aromatic N) is 1. The molecule has 4 nitrogen and oxygen atoms in total. The molecule has 2 rings (SSSR count). The predicted molar refractivity (Wildman–Crippen MR) is 84.3 cm³/mol. The summed E-state index contributed by atoms with van der Waals surface area (Å²) in [5.41, 5.74) is 1.15. The van der Waals surface area contributed by atoms with E-state index in [4.69, 9.17) is 5.11 Å². The molecule has 0 spiro atoms. The van der Waals surface area contributed by atoms with Crippen molar-refractivity contribution in [1.82, 2.24) is 10.2 Å². The number of benzene rings is 1. The molecule has 0 bridgehead atoms. The quantitative estimate of drug-likeness (QED) is 0.875. The van der Waals surface area contributed by atoms with Gasteiger partial charge in [-0.15, -0.1) is 0 Å². The Kier molecular flexibility index (Phi) is 5.77. The number of carboxylic acid groups (broad SMARTS) is 1. The topological polar surface area (TPSA) is 52.6 Å². The fourth-order valence-electron chi connectivity index (χ4n) is 3.59. The average molecular weight is 308 g/mol. The SMILES string of the molecule is CN(C)C(c1ccc(F)cc1)C1CCC(CNC(=O)O)CC1. The van der Waals surface area contributed by atoms with Crippen molar-refractivity contribution in [2.45, 2.75) is 31.7 Å². The Bertz CT molecular complexity index is 482. The van der Waals surface area contributed by atoms with Gasteiger partial charge in [0.15, 0.2) is 0 Å². The first-order chi connectivity index (χ1) is 10.5. The molecule has 1 aliphatic carbocycles. The van der Waals surface area contributed by atoms with Crippen molar-refractivity contribution in [1.29, 1.82) is 0 Å². The van der Waals surface area contributed by atoms with E-state index in [9.17, 15) is 9.18 Å². The first-order valence-corrected chi connectivity index (χ1v) is 7.86. The number of carbonyl (C=O) groups is 1. The van der Waals surface area contributed by atoms with Crippen molar-refractivity contribution in [3.8, 4) is 0 Å². The van der Waals surface area contributed by atoms with Crippen molar-refractivity contribution in [2.24, 2.45) is 11.8 Å². The Morgan fingerprint density at radius 2 is 1.86 bits per heavy atom. The summed E-state index contributed by atoms with van der Waals surface area (Å²) in [6.07, 6.45) is 3.28. The number of hydrogen-bond donors (Lipinski definition) is 2. The van der Waals surface area contributed by atoms with Crippen molar-refractivity contribution in [2.75, 3.05) is 20.6 Å². The van der Waals surface area contributed by atoms with E-state index < -0.39 is 6.09 Å². The van der Waals surface area contributed by atoms with E-state index in [1.54, 1.807) is 0 Å². The lowest BCUT2D eigenvalue weighted by Gasteiger charge is -2.37. The number of nitrogens with one attached hydrogen (secondary N) is 1. The highest BCUT2D eigenvalue weighted by atomic mass is 19.1. The number of hydrogen-bond acceptors (Lipinski definition) is 2. The Balaban J connectivity index is 1.97. The largest absolute Gasteiger partial charge is 0.465 e. The molecule has 0 heterocycles. The van der Waals surface area contributed by atoms with Gasteiger partial charge in [-0.3, -0.25) is 0 Å². The molecule has 122 valence electrons. The molecular formula is C17H25FN2O2. The minimum absolute atomic E-state index is 0.204. The van der Waals surface area contributed by atoms with Crippen LogP contribution in [0.3, 0.4) is 0 Å². The molecule has 1 aromatic carbocycles. The Morgan fingerprint density at radius 3 is 2.36 bits per heavy atom. The zero-order valence-electron chi connectivity index (χ0n) is 13.3. The van der Waals surface area contributed by atoms with Gasteiger partial charge in [0, 0.05) is 12.6 Å². The maximum atomic E-state index is 13.1. The van der Waals surface area contributed by atoms with Crippen molar-refractivity contribution in [3.63, 3.8) is 0 Å². The third-order valence-electron chi connectivity index (χ3n) is 4.65. The fourth-order valence-corrected chi connectivity index (χ4v) is 3.59. The first-order valence-electron chi connectivity index (χ1n) is 7.86. The Hall–Kier alpha value is -1.62. The molecule has 1 fully saturated rings. The van der Waals surface area contributed by atoms with Gasteiger partial charge in [0.1, 0.15) is 5.82 Å². The number of halogens is 1. The van der Waals surface area contributed by atoms with Crippen LogP contribution in [0.5, 0.6) is 0 Å². The third-order valence-corrected chi connectivity index (χ3v) is 4.65. The summed E-state index contributed by atoms with van der Waals surface area (Å²) in [7, 11) is 4.12.